The standard InChI is InChI=1S/C32H28N4O7/c1-17-10-12-18(13-11-17)28-27-21(19-6-2-4-8-22(19)33-27)16-25-30(40)36(32(43)35(25)28)24-9-5-3-7-20(24)29(39)34-23(31(41)42)14-15-26(37)38/h2-13,23,25,28,33H,14-16H2,1H3,(H,34,39)(H,37,38)(H,41,42)/t23-,25+,28+/m1/s1. The molecule has 6 rings (SSSR count). The van der Waals surface area contributed by atoms with Crippen LogP contribution in [0.25, 0.3) is 10.9 Å². The number of rotatable bonds is 8. The summed E-state index contributed by atoms with van der Waals surface area (Å²) in [6.07, 6.45) is -0.527. The van der Waals surface area contributed by atoms with Gasteiger partial charge in [0.15, 0.2) is 0 Å². The fourth-order valence-electron chi connectivity index (χ4n) is 6.01. The van der Waals surface area contributed by atoms with E-state index < -0.39 is 54.3 Å². The van der Waals surface area contributed by atoms with Crippen LogP contribution in [0.2, 0.25) is 0 Å². The van der Waals surface area contributed by atoms with E-state index in [4.69, 9.17) is 5.11 Å². The van der Waals surface area contributed by atoms with E-state index in [1.54, 1.807) is 11.0 Å². The Morgan fingerprint density at radius 2 is 1.67 bits per heavy atom. The number of urea groups is 1. The Morgan fingerprint density at radius 1 is 0.977 bits per heavy atom. The number of carboxylic acid groups (broad SMARTS) is 2. The first kappa shape index (κ1) is 27.7. The molecule has 3 aromatic carbocycles. The predicted molar refractivity (Wildman–Crippen MR) is 156 cm³/mol. The SMILES string of the molecule is Cc1ccc([C@H]2c3[nH]c4ccccc4c3C[C@H]3C(=O)N(c4ccccc4C(=O)N[C@H](CCC(=O)O)C(=O)O)C(=O)N23)cc1. The fourth-order valence-corrected chi connectivity index (χ4v) is 6.01. The summed E-state index contributed by atoms with van der Waals surface area (Å²) in [6.45, 7) is 1.96. The van der Waals surface area contributed by atoms with E-state index in [2.05, 4.69) is 10.3 Å². The van der Waals surface area contributed by atoms with Crippen molar-refractivity contribution in [1.29, 1.82) is 0 Å². The Bertz CT molecular complexity index is 1800. The predicted octanol–water partition coefficient (Wildman–Crippen LogP) is 4.01. The molecule has 0 aliphatic carbocycles. The lowest BCUT2D eigenvalue weighted by atomic mass is 9.88. The van der Waals surface area contributed by atoms with Crippen LogP contribution in [-0.4, -0.2) is 62.0 Å². The number of benzene rings is 3. The van der Waals surface area contributed by atoms with Gasteiger partial charge < -0.3 is 20.5 Å². The number of aryl methyl sites for hydroxylation is 1. The Kier molecular flexibility index (Phi) is 6.93. The van der Waals surface area contributed by atoms with Crippen molar-refractivity contribution < 1.29 is 34.2 Å². The molecule has 1 fully saturated rings. The molecule has 1 aromatic heterocycles. The van der Waals surface area contributed by atoms with Crippen LogP contribution in [0.1, 0.15) is 51.6 Å². The largest absolute Gasteiger partial charge is 0.481 e. The lowest BCUT2D eigenvalue weighted by Crippen LogP contribution is -2.44. The molecule has 0 radical (unpaired) electrons. The van der Waals surface area contributed by atoms with Crippen molar-refractivity contribution in [3.05, 3.63) is 101 Å². The van der Waals surface area contributed by atoms with Gasteiger partial charge in [0.1, 0.15) is 18.1 Å². The minimum absolute atomic E-state index is 0.0166. The highest BCUT2D eigenvalue weighted by atomic mass is 16.4. The van der Waals surface area contributed by atoms with Gasteiger partial charge >= 0.3 is 18.0 Å². The fraction of sp³-hybridized carbons (Fsp3) is 0.219. The lowest BCUT2D eigenvalue weighted by molar-refractivity contribution is -0.140. The van der Waals surface area contributed by atoms with Crippen LogP contribution in [0.3, 0.4) is 0 Å². The molecule has 4 N–H and O–H groups in total. The van der Waals surface area contributed by atoms with Gasteiger partial charge in [-0.3, -0.25) is 19.3 Å². The molecular weight excluding hydrogens is 552 g/mol. The summed E-state index contributed by atoms with van der Waals surface area (Å²) in [5.74, 6) is -3.94. The lowest BCUT2D eigenvalue weighted by Gasteiger charge is -2.36. The highest BCUT2D eigenvalue weighted by molar-refractivity contribution is 6.24. The second-order valence-corrected chi connectivity index (χ2v) is 10.8. The number of aromatic amines is 1. The number of hydrogen-bond acceptors (Lipinski definition) is 5. The Balaban J connectivity index is 1.40. The second-order valence-electron chi connectivity index (χ2n) is 10.8. The highest BCUT2D eigenvalue weighted by Gasteiger charge is 2.53. The average Bonchev–Trinajstić information content (AvgIpc) is 3.48. The third kappa shape index (κ3) is 4.78. The number of anilines is 1. The van der Waals surface area contributed by atoms with Gasteiger partial charge in [0.25, 0.3) is 11.8 Å². The van der Waals surface area contributed by atoms with Crippen molar-refractivity contribution in [2.45, 2.75) is 44.3 Å². The molecule has 4 amide bonds. The normalized spacial score (nSPS) is 18.3. The molecule has 0 bridgehead atoms. The van der Waals surface area contributed by atoms with E-state index in [0.29, 0.717) is 0 Å². The van der Waals surface area contributed by atoms with Gasteiger partial charge in [-0.15, -0.1) is 0 Å². The van der Waals surface area contributed by atoms with Crippen LogP contribution in [0.4, 0.5) is 10.5 Å². The number of imide groups is 1. The molecule has 3 atom stereocenters. The number of carbonyl (C=O) groups excluding carboxylic acids is 3. The first-order chi connectivity index (χ1) is 20.7. The van der Waals surface area contributed by atoms with Gasteiger partial charge in [-0.05, 0) is 42.7 Å². The first-order valence-electron chi connectivity index (χ1n) is 13.8. The summed E-state index contributed by atoms with van der Waals surface area (Å²) in [6, 6.07) is 18.0. The van der Waals surface area contributed by atoms with E-state index in [-0.39, 0.29) is 24.1 Å². The van der Waals surface area contributed by atoms with Crippen LogP contribution in [0.5, 0.6) is 0 Å². The zero-order valence-electron chi connectivity index (χ0n) is 23.1. The van der Waals surface area contributed by atoms with Gasteiger partial charge in [0.05, 0.1) is 11.3 Å². The van der Waals surface area contributed by atoms with Gasteiger partial charge in [0, 0.05) is 29.4 Å². The molecule has 2 aliphatic heterocycles. The third-order valence-electron chi connectivity index (χ3n) is 8.08. The minimum Gasteiger partial charge on any atom is -0.481 e. The van der Waals surface area contributed by atoms with Crippen molar-refractivity contribution in [3.8, 4) is 0 Å². The highest BCUT2D eigenvalue weighted by Crippen LogP contribution is 2.45. The van der Waals surface area contributed by atoms with Crippen LogP contribution in [0, 0.1) is 6.92 Å². The van der Waals surface area contributed by atoms with Gasteiger partial charge in [-0.1, -0.05) is 60.2 Å². The quantitative estimate of drug-likeness (QED) is 0.229. The number of H-pyrrole nitrogens is 1. The maximum atomic E-state index is 14.2. The number of carbonyl (C=O) groups is 5. The molecule has 43 heavy (non-hydrogen) atoms. The first-order valence-corrected chi connectivity index (χ1v) is 13.8. The van der Waals surface area contributed by atoms with Crippen molar-refractivity contribution in [2.75, 3.05) is 4.90 Å². The van der Waals surface area contributed by atoms with Crippen LogP contribution < -0.4 is 10.2 Å². The summed E-state index contributed by atoms with van der Waals surface area (Å²) in [5, 5.41) is 21.8. The van der Waals surface area contributed by atoms with E-state index in [9.17, 15) is 29.1 Å². The summed E-state index contributed by atoms with van der Waals surface area (Å²) in [5.41, 5.74) is 4.46. The molecule has 0 spiro atoms. The summed E-state index contributed by atoms with van der Waals surface area (Å²) < 4.78 is 0. The van der Waals surface area contributed by atoms with E-state index >= 15 is 0 Å². The topological polar surface area (TPSA) is 160 Å². The number of fused-ring (bicyclic) bond motifs is 4. The van der Waals surface area contributed by atoms with E-state index in [0.717, 1.165) is 38.2 Å². The molecule has 11 nitrogen and oxygen atoms in total. The van der Waals surface area contributed by atoms with E-state index in [1.165, 1.54) is 18.2 Å². The Hall–Kier alpha value is -5.45. The van der Waals surface area contributed by atoms with Gasteiger partial charge in [-0.2, -0.15) is 0 Å². The molecule has 11 heteroatoms. The number of nitrogens with one attached hydrogen (secondary N) is 2. The summed E-state index contributed by atoms with van der Waals surface area (Å²) in [4.78, 5) is 70.4. The Labute approximate surface area is 245 Å². The third-order valence-corrected chi connectivity index (χ3v) is 8.08. The van der Waals surface area contributed by atoms with Crippen LogP contribution in [0.15, 0.2) is 72.8 Å². The number of aliphatic carboxylic acids is 2. The molecule has 1 saturated heterocycles. The molecule has 0 saturated carbocycles. The monoisotopic (exact) mass is 580 g/mol. The average molecular weight is 581 g/mol. The molecule has 218 valence electrons. The van der Waals surface area contributed by atoms with Gasteiger partial charge in [-0.25, -0.2) is 14.5 Å². The van der Waals surface area contributed by atoms with Crippen molar-refractivity contribution >= 4 is 46.4 Å². The van der Waals surface area contributed by atoms with Crippen molar-refractivity contribution in [1.82, 2.24) is 15.2 Å². The maximum absolute atomic E-state index is 14.2. The number of para-hydroxylation sites is 2. The van der Waals surface area contributed by atoms with Crippen molar-refractivity contribution in [3.63, 3.8) is 0 Å². The number of amides is 4. The number of hydrogen-bond donors (Lipinski definition) is 4. The number of nitrogens with zero attached hydrogens (tertiary/aromatic N) is 2. The van der Waals surface area contributed by atoms with Gasteiger partial charge in [0.2, 0.25) is 0 Å². The molecule has 0 unspecified atom stereocenters. The number of carboxylic acids is 2. The summed E-state index contributed by atoms with van der Waals surface area (Å²) in [7, 11) is 0. The molecule has 2 aliphatic rings. The zero-order chi connectivity index (χ0) is 30.4. The maximum Gasteiger partial charge on any atom is 0.332 e. The smallest absolute Gasteiger partial charge is 0.332 e. The minimum atomic E-state index is -1.47. The zero-order valence-corrected chi connectivity index (χ0v) is 23.1. The number of aromatic nitrogens is 1. The molecule has 4 aromatic rings. The van der Waals surface area contributed by atoms with Crippen LogP contribution >= 0.6 is 0 Å². The molecular formula is C32H28N4O7. The van der Waals surface area contributed by atoms with Crippen LogP contribution in [-0.2, 0) is 20.8 Å². The van der Waals surface area contributed by atoms with E-state index in [1.807, 2.05) is 55.5 Å². The Morgan fingerprint density at radius 3 is 2.40 bits per heavy atom. The second kappa shape index (κ2) is 10.8. The summed E-state index contributed by atoms with van der Waals surface area (Å²) >= 11 is 0. The van der Waals surface area contributed by atoms with Crippen molar-refractivity contribution in [2.24, 2.45) is 0 Å². The molecule has 3 heterocycles.